The maximum absolute atomic E-state index is 12.5. The standard InChI is InChI=1S/C17H23N5O/c1-11-17(12(2)21(3)20-11)19-16(23)10-22-9-5-6-13-14(18)7-4-8-15(13)22/h4,7-8H,5-6,9-10,18H2,1-3H3,(H,19,23). The van der Waals surface area contributed by atoms with Gasteiger partial charge in [0.1, 0.15) is 0 Å². The first-order chi connectivity index (χ1) is 11.0. The molecule has 1 aliphatic rings. The summed E-state index contributed by atoms with van der Waals surface area (Å²) >= 11 is 0. The first-order valence-corrected chi connectivity index (χ1v) is 7.89. The van der Waals surface area contributed by atoms with Gasteiger partial charge in [0.2, 0.25) is 5.91 Å². The van der Waals surface area contributed by atoms with E-state index >= 15 is 0 Å². The molecule has 0 radical (unpaired) electrons. The van der Waals surface area contributed by atoms with Crippen molar-refractivity contribution < 1.29 is 4.79 Å². The van der Waals surface area contributed by atoms with Crippen LogP contribution in [-0.4, -0.2) is 28.8 Å². The van der Waals surface area contributed by atoms with Gasteiger partial charge in [-0.05, 0) is 44.4 Å². The molecule has 2 aromatic rings. The van der Waals surface area contributed by atoms with Gasteiger partial charge >= 0.3 is 0 Å². The lowest BCUT2D eigenvalue weighted by Crippen LogP contribution is -2.37. The van der Waals surface area contributed by atoms with E-state index in [1.54, 1.807) is 4.68 Å². The Morgan fingerprint density at radius 2 is 2.17 bits per heavy atom. The van der Waals surface area contributed by atoms with Crippen molar-refractivity contribution in [3.05, 3.63) is 35.2 Å². The molecule has 3 N–H and O–H groups in total. The van der Waals surface area contributed by atoms with Crippen molar-refractivity contribution in [3.63, 3.8) is 0 Å². The van der Waals surface area contributed by atoms with Crippen LogP contribution in [0, 0.1) is 13.8 Å². The van der Waals surface area contributed by atoms with Crippen LogP contribution in [0.3, 0.4) is 0 Å². The van der Waals surface area contributed by atoms with E-state index in [9.17, 15) is 4.79 Å². The Hall–Kier alpha value is -2.50. The minimum Gasteiger partial charge on any atom is -0.398 e. The Kier molecular flexibility index (Phi) is 3.98. The molecule has 2 heterocycles. The van der Waals surface area contributed by atoms with Crippen LogP contribution in [0.5, 0.6) is 0 Å². The molecule has 0 unspecified atom stereocenters. The van der Waals surface area contributed by atoms with Gasteiger partial charge in [-0.15, -0.1) is 0 Å². The molecular weight excluding hydrogens is 290 g/mol. The van der Waals surface area contributed by atoms with Crippen molar-refractivity contribution in [1.82, 2.24) is 9.78 Å². The Labute approximate surface area is 136 Å². The van der Waals surface area contributed by atoms with E-state index in [4.69, 9.17) is 5.73 Å². The quantitative estimate of drug-likeness (QED) is 0.850. The van der Waals surface area contributed by atoms with E-state index in [0.29, 0.717) is 6.54 Å². The van der Waals surface area contributed by atoms with Gasteiger partial charge in [0, 0.05) is 25.0 Å². The molecule has 23 heavy (non-hydrogen) atoms. The van der Waals surface area contributed by atoms with Crippen molar-refractivity contribution in [1.29, 1.82) is 0 Å². The molecule has 0 bridgehead atoms. The van der Waals surface area contributed by atoms with Crippen molar-refractivity contribution >= 4 is 23.0 Å². The highest BCUT2D eigenvalue weighted by atomic mass is 16.2. The molecule has 0 spiro atoms. The van der Waals surface area contributed by atoms with Crippen LogP contribution >= 0.6 is 0 Å². The number of carbonyl (C=O) groups is 1. The molecule has 0 aliphatic carbocycles. The second-order valence-corrected chi connectivity index (χ2v) is 6.09. The average Bonchev–Trinajstić information content (AvgIpc) is 2.75. The molecule has 0 saturated carbocycles. The van der Waals surface area contributed by atoms with Gasteiger partial charge < -0.3 is 16.0 Å². The van der Waals surface area contributed by atoms with Crippen molar-refractivity contribution in [2.45, 2.75) is 26.7 Å². The molecule has 1 amide bonds. The van der Waals surface area contributed by atoms with Crippen LogP contribution in [0.15, 0.2) is 18.2 Å². The normalized spacial score (nSPS) is 13.8. The molecule has 0 saturated heterocycles. The summed E-state index contributed by atoms with van der Waals surface area (Å²) in [7, 11) is 1.88. The van der Waals surface area contributed by atoms with Gasteiger partial charge in [-0.3, -0.25) is 9.48 Å². The van der Waals surface area contributed by atoms with E-state index < -0.39 is 0 Å². The zero-order valence-electron chi connectivity index (χ0n) is 13.9. The number of benzene rings is 1. The molecule has 1 aromatic carbocycles. The number of anilines is 3. The number of nitrogens with zero attached hydrogens (tertiary/aromatic N) is 3. The number of hydrogen-bond donors (Lipinski definition) is 2. The molecule has 1 aromatic heterocycles. The first-order valence-electron chi connectivity index (χ1n) is 7.89. The van der Waals surface area contributed by atoms with E-state index in [-0.39, 0.29) is 5.91 Å². The van der Waals surface area contributed by atoms with Gasteiger partial charge in [0.25, 0.3) is 0 Å². The topological polar surface area (TPSA) is 76.2 Å². The summed E-state index contributed by atoms with van der Waals surface area (Å²) in [5.41, 5.74) is 11.7. The maximum atomic E-state index is 12.5. The number of nitrogens with one attached hydrogen (secondary N) is 1. The number of nitrogens with two attached hydrogens (primary N) is 1. The van der Waals surface area contributed by atoms with Gasteiger partial charge in [-0.2, -0.15) is 5.10 Å². The summed E-state index contributed by atoms with van der Waals surface area (Å²) in [6, 6.07) is 5.91. The van der Waals surface area contributed by atoms with Crippen LogP contribution in [-0.2, 0) is 18.3 Å². The van der Waals surface area contributed by atoms with Gasteiger partial charge in [-0.25, -0.2) is 0 Å². The van der Waals surface area contributed by atoms with E-state index in [1.165, 1.54) is 0 Å². The van der Waals surface area contributed by atoms with Gasteiger partial charge in [0.05, 0.1) is 23.6 Å². The number of aromatic nitrogens is 2. The Morgan fingerprint density at radius 3 is 2.87 bits per heavy atom. The fraction of sp³-hybridized carbons (Fsp3) is 0.412. The number of fused-ring (bicyclic) bond motifs is 1. The summed E-state index contributed by atoms with van der Waals surface area (Å²) in [5, 5.41) is 7.33. The van der Waals surface area contributed by atoms with Crippen molar-refractivity contribution in [3.8, 4) is 0 Å². The minimum atomic E-state index is -0.0283. The Balaban J connectivity index is 1.76. The Bertz CT molecular complexity index is 750. The number of hydrogen-bond acceptors (Lipinski definition) is 4. The summed E-state index contributed by atoms with van der Waals surface area (Å²) in [5.74, 6) is -0.0283. The van der Waals surface area contributed by atoms with Crippen LogP contribution < -0.4 is 16.0 Å². The number of amides is 1. The van der Waals surface area contributed by atoms with E-state index in [1.807, 2.05) is 39.1 Å². The lowest BCUT2D eigenvalue weighted by molar-refractivity contribution is -0.115. The molecule has 6 heteroatoms. The summed E-state index contributed by atoms with van der Waals surface area (Å²) in [4.78, 5) is 14.6. The lowest BCUT2D eigenvalue weighted by Gasteiger charge is -2.31. The molecule has 0 fully saturated rings. The smallest absolute Gasteiger partial charge is 0.243 e. The van der Waals surface area contributed by atoms with Crippen LogP contribution in [0.4, 0.5) is 17.1 Å². The second kappa shape index (κ2) is 5.95. The fourth-order valence-corrected chi connectivity index (χ4v) is 3.20. The second-order valence-electron chi connectivity index (χ2n) is 6.09. The highest BCUT2D eigenvalue weighted by Gasteiger charge is 2.21. The van der Waals surface area contributed by atoms with Crippen molar-refractivity contribution in [2.75, 3.05) is 29.0 Å². The zero-order valence-corrected chi connectivity index (χ0v) is 13.9. The molecule has 1 aliphatic heterocycles. The van der Waals surface area contributed by atoms with Crippen LogP contribution in [0.2, 0.25) is 0 Å². The third-order valence-electron chi connectivity index (χ3n) is 4.49. The van der Waals surface area contributed by atoms with Gasteiger partial charge in [0.15, 0.2) is 0 Å². The number of nitrogen functional groups attached to an aromatic ring is 1. The largest absolute Gasteiger partial charge is 0.398 e. The summed E-state index contributed by atoms with van der Waals surface area (Å²) in [6.07, 6.45) is 1.99. The summed E-state index contributed by atoms with van der Waals surface area (Å²) in [6.45, 7) is 5.05. The SMILES string of the molecule is Cc1nn(C)c(C)c1NC(=O)CN1CCCc2c(N)cccc21. The number of carbonyl (C=O) groups excluding carboxylic acids is 1. The zero-order chi connectivity index (χ0) is 16.6. The van der Waals surface area contributed by atoms with E-state index in [2.05, 4.69) is 15.3 Å². The molecule has 3 rings (SSSR count). The molecule has 0 atom stereocenters. The third kappa shape index (κ3) is 2.88. The number of aryl methyl sites for hydroxylation is 2. The van der Waals surface area contributed by atoms with Crippen LogP contribution in [0.25, 0.3) is 0 Å². The third-order valence-corrected chi connectivity index (χ3v) is 4.49. The predicted octanol–water partition coefficient (Wildman–Crippen LogP) is 2.01. The minimum absolute atomic E-state index is 0.0283. The maximum Gasteiger partial charge on any atom is 0.243 e. The molecule has 6 nitrogen and oxygen atoms in total. The summed E-state index contributed by atoms with van der Waals surface area (Å²) < 4.78 is 1.78. The molecular formula is C17H23N5O. The molecule has 122 valence electrons. The lowest BCUT2D eigenvalue weighted by atomic mass is 10.00. The van der Waals surface area contributed by atoms with Gasteiger partial charge in [-0.1, -0.05) is 6.07 Å². The highest BCUT2D eigenvalue weighted by molar-refractivity contribution is 5.95. The van der Waals surface area contributed by atoms with Crippen molar-refractivity contribution in [2.24, 2.45) is 7.05 Å². The monoisotopic (exact) mass is 313 g/mol. The Morgan fingerprint density at radius 1 is 1.39 bits per heavy atom. The highest BCUT2D eigenvalue weighted by Crippen LogP contribution is 2.31. The fourth-order valence-electron chi connectivity index (χ4n) is 3.20. The van der Waals surface area contributed by atoms with E-state index in [0.717, 1.165) is 53.4 Å². The number of rotatable bonds is 3. The van der Waals surface area contributed by atoms with Crippen LogP contribution in [0.1, 0.15) is 23.4 Å². The first kappa shape index (κ1) is 15.4. The predicted molar refractivity (Wildman–Crippen MR) is 92.7 cm³/mol. The average molecular weight is 313 g/mol.